The molecular weight excluding hydrogens is 1670 g/mol. The van der Waals surface area contributed by atoms with Crippen LogP contribution in [0.25, 0.3) is 0 Å². The van der Waals surface area contributed by atoms with Crippen LogP contribution in [0.5, 0.6) is 0 Å². The number of anilines is 7. The molecule has 3 unspecified atom stereocenters. The number of halogens is 6. The van der Waals surface area contributed by atoms with Crippen molar-refractivity contribution in [2.24, 2.45) is 17.8 Å². The summed E-state index contributed by atoms with van der Waals surface area (Å²) in [6, 6.07) is 29.5. The molecule has 730 valence electrons. The topological polar surface area (TPSA) is 212 Å². The zero-order valence-electron chi connectivity index (χ0n) is 83.4. The molecule has 0 saturated carbocycles. The molecule has 0 radical (unpaired) electrons. The fourth-order valence-corrected chi connectivity index (χ4v) is 18.1. The van der Waals surface area contributed by atoms with E-state index in [1.807, 2.05) is 95.8 Å². The highest BCUT2D eigenvalue weighted by Gasteiger charge is 2.47. The second kappa shape index (κ2) is 49.5. The van der Waals surface area contributed by atoms with Gasteiger partial charge in [0.25, 0.3) is 17.8 Å². The molecule has 0 amide bonds. The summed E-state index contributed by atoms with van der Waals surface area (Å²) in [7, 11) is 3.44. The number of methoxy groups -OCH3 is 2. The Balaban J connectivity index is 0.000000188. The molecule has 26 heteroatoms. The normalized spacial score (nSPS) is 24.1. The molecule has 7 fully saturated rings. The van der Waals surface area contributed by atoms with Crippen LogP contribution in [0.15, 0.2) is 128 Å². The number of aromatic nitrogens is 7. The van der Waals surface area contributed by atoms with E-state index in [0.29, 0.717) is 125 Å². The monoisotopic (exact) mass is 1830 g/mol. The van der Waals surface area contributed by atoms with Crippen LogP contribution < -0.4 is 34.3 Å². The first kappa shape index (κ1) is 108. The average Bonchev–Trinajstić information content (AvgIpc) is 0.802. The number of ether oxygens (including phenoxy) is 2. The number of alkyl halides is 6. The van der Waals surface area contributed by atoms with Gasteiger partial charge in [0.05, 0.1) is 145 Å². The molecule has 7 aromatic rings. The van der Waals surface area contributed by atoms with Crippen LogP contribution in [0.3, 0.4) is 0 Å². The van der Waals surface area contributed by atoms with Gasteiger partial charge in [-0.2, -0.15) is 0 Å². The summed E-state index contributed by atoms with van der Waals surface area (Å²) in [5.74, 6) is -6.31. The number of hydrogen-bond acceptors (Lipinski definition) is 20. The third kappa shape index (κ3) is 31.3. The molecule has 131 heavy (non-hydrogen) atoms. The number of aliphatic hydroxyl groups excluding tert-OH is 2. The smallest absolute Gasteiger partial charge is 0.268 e. The first-order valence-electron chi connectivity index (χ1n) is 48.7. The summed E-state index contributed by atoms with van der Waals surface area (Å²) in [6.45, 7) is 49.2. The maximum absolute atomic E-state index is 14.0. The molecule has 14 rings (SSSR count). The van der Waals surface area contributed by atoms with Crippen molar-refractivity contribution in [3.8, 4) is 0 Å². The van der Waals surface area contributed by atoms with Gasteiger partial charge in [-0.1, -0.05) is 118 Å². The first-order chi connectivity index (χ1) is 61.8. The summed E-state index contributed by atoms with van der Waals surface area (Å²) < 4.78 is 94.6. The maximum atomic E-state index is 14.0. The molecule has 7 aliphatic rings. The second-order valence-electron chi connectivity index (χ2n) is 40.4. The summed E-state index contributed by atoms with van der Waals surface area (Å²) >= 11 is 0. The summed E-state index contributed by atoms with van der Waals surface area (Å²) in [6.07, 6.45) is 23.9. The fourth-order valence-electron chi connectivity index (χ4n) is 18.1. The van der Waals surface area contributed by atoms with Gasteiger partial charge in [0.15, 0.2) is 0 Å². The highest BCUT2D eigenvalue weighted by molar-refractivity contribution is 5.52. The second-order valence-corrected chi connectivity index (χ2v) is 40.4. The summed E-state index contributed by atoms with van der Waals surface area (Å²) in [5, 5.41) is 39.4. The van der Waals surface area contributed by atoms with Crippen molar-refractivity contribution in [2.45, 2.75) is 336 Å². The lowest BCUT2D eigenvalue weighted by Gasteiger charge is -2.42. The minimum absolute atomic E-state index is 0.0991. The van der Waals surface area contributed by atoms with Crippen molar-refractivity contribution in [1.82, 2.24) is 34.9 Å². The van der Waals surface area contributed by atoms with Gasteiger partial charge in [-0.25, -0.2) is 26.3 Å². The zero-order valence-corrected chi connectivity index (χ0v) is 83.4. The van der Waals surface area contributed by atoms with E-state index in [1.54, 1.807) is 47.5 Å². The Morgan fingerprint density at radius 2 is 0.618 bits per heavy atom. The van der Waals surface area contributed by atoms with Gasteiger partial charge in [0.2, 0.25) is 0 Å². The highest BCUT2D eigenvalue weighted by atomic mass is 19.3. The SMILES string of the molecule is CC(C)c1ccc(N2C[C@](C)(O)CC[C@@H]2C)cn1.CC(C)c1ccc(N2C[C@](C)(O)CC[C@H]2C)cn1.CCC1CCN(c2ccc(C(C)C)nc2)CC1(F)F.CC[C@@H]1CCN(c2ccc(C(C)C)nc2)CC1(F)F.CC[C@H]1CCN(c2ccc(C(C)C)nc2)CC1(F)F.COC1(CO)CCN(c2ccc(C(C)C)nc2)CC1.COC1CCC(CO)N(c2ccc(C(C)C)nc2)C1. The third-order valence-electron chi connectivity index (χ3n) is 27.6. The van der Waals surface area contributed by atoms with E-state index in [2.05, 4.69) is 214 Å². The highest BCUT2D eigenvalue weighted by Crippen LogP contribution is 2.42. The fraction of sp³-hybridized carbons (Fsp3) is 0.667. The van der Waals surface area contributed by atoms with E-state index in [0.717, 1.165) is 151 Å². The number of β-amino-alcohol motifs (C(OH)–C–C–N with tert-alkyl or cyclic N) is 2. The molecule has 0 aliphatic carbocycles. The van der Waals surface area contributed by atoms with E-state index < -0.39 is 46.7 Å². The van der Waals surface area contributed by atoms with Gasteiger partial charge in [-0.3, -0.25) is 34.9 Å². The number of pyridine rings is 7. The van der Waals surface area contributed by atoms with E-state index in [-0.39, 0.29) is 50.6 Å². The Hall–Kier alpha value is -8.01. The van der Waals surface area contributed by atoms with Gasteiger partial charge in [0, 0.05) is 136 Å². The zero-order chi connectivity index (χ0) is 96.5. The van der Waals surface area contributed by atoms with Gasteiger partial charge in [-0.15, -0.1) is 0 Å². The number of rotatable bonds is 21. The van der Waals surface area contributed by atoms with Crippen LogP contribution in [0.2, 0.25) is 0 Å². The van der Waals surface area contributed by atoms with Gasteiger partial charge in [-0.05, 0) is 244 Å². The molecule has 4 N–H and O–H groups in total. The van der Waals surface area contributed by atoms with Crippen molar-refractivity contribution in [1.29, 1.82) is 0 Å². The lowest BCUT2D eigenvalue weighted by molar-refractivity contribution is -0.0673. The van der Waals surface area contributed by atoms with Gasteiger partial charge >= 0.3 is 0 Å². The standard InChI is InChI=1S/3C15H22F2N2.2C15H24N2O2.2C15H24N2O/c3*1-4-12-7-8-19(10-15(12,16)17)13-5-6-14(11(2)3)18-9-13;1-11(2)15-7-5-12(8-16-15)17-9-14(19-3)6-4-13(17)10-18;1-12(2)14-5-4-13(10-16-14)17-8-6-15(11-18,19-3)7-9-17;2*1-11(2)14-6-5-13(9-16-14)17-10-15(4,18)8-7-12(17)3/h3*5-6,9,11-12H,4,7-8,10H2,1-3H3;5,7-8,11,13-14,18H,4,6,9-10H2,1-3H3;4-5,10,12,18H,6-9,11H2,1-3H3;2*5-6,9,11-12,18H,7-8,10H2,1-4H3/t2*12-;;;;12-,15+;12-,15-/m10...01/s1. The minimum Gasteiger partial charge on any atom is -0.394 e. The van der Waals surface area contributed by atoms with Crippen LogP contribution in [0.1, 0.15) is 317 Å². The minimum atomic E-state index is -2.59. The lowest BCUT2D eigenvalue weighted by Crippen LogP contribution is -2.50. The molecule has 7 aromatic heterocycles. The Morgan fingerprint density at radius 3 is 0.840 bits per heavy atom. The molecule has 20 nitrogen and oxygen atoms in total. The number of aliphatic hydroxyl groups is 4. The number of nitrogens with zero attached hydrogens (tertiary/aromatic N) is 14. The third-order valence-corrected chi connectivity index (χ3v) is 27.6. The van der Waals surface area contributed by atoms with E-state index in [4.69, 9.17) is 9.47 Å². The van der Waals surface area contributed by atoms with Crippen molar-refractivity contribution in [2.75, 3.05) is 134 Å². The van der Waals surface area contributed by atoms with E-state index in [1.165, 1.54) is 0 Å². The Kier molecular flexibility index (Phi) is 40.9. The van der Waals surface area contributed by atoms with Crippen LogP contribution in [0, 0.1) is 17.8 Å². The molecule has 9 atom stereocenters. The van der Waals surface area contributed by atoms with Crippen molar-refractivity contribution >= 4 is 39.8 Å². The Bertz CT molecular complexity index is 4130. The van der Waals surface area contributed by atoms with Crippen LogP contribution >= 0.6 is 0 Å². The van der Waals surface area contributed by atoms with Crippen LogP contribution in [0.4, 0.5) is 66.2 Å². The van der Waals surface area contributed by atoms with Gasteiger partial charge in [0.1, 0.15) is 0 Å². The number of piperidine rings is 7. The Labute approximate surface area is 782 Å². The molecule has 0 bridgehead atoms. The van der Waals surface area contributed by atoms with Crippen molar-refractivity contribution in [3.63, 3.8) is 0 Å². The predicted molar refractivity (Wildman–Crippen MR) is 525 cm³/mol. The molecule has 0 aromatic carbocycles. The molecule has 14 heterocycles. The largest absolute Gasteiger partial charge is 0.394 e. The number of hydrogen-bond donors (Lipinski definition) is 4. The van der Waals surface area contributed by atoms with E-state index >= 15 is 0 Å². The predicted octanol–water partition coefficient (Wildman–Crippen LogP) is 22.5. The molecular formula is C105H162F6N14O6. The summed E-state index contributed by atoms with van der Waals surface area (Å²) in [5.41, 5.74) is 12.8. The Morgan fingerprint density at radius 1 is 0.351 bits per heavy atom. The maximum Gasteiger partial charge on any atom is 0.268 e. The lowest BCUT2D eigenvalue weighted by atomic mass is 9.90. The molecule has 7 aliphatic heterocycles. The van der Waals surface area contributed by atoms with Crippen LogP contribution in [-0.2, 0) is 9.47 Å². The van der Waals surface area contributed by atoms with E-state index in [9.17, 15) is 46.8 Å². The van der Waals surface area contributed by atoms with Crippen molar-refractivity contribution < 1.29 is 56.2 Å². The first-order valence-corrected chi connectivity index (χ1v) is 48.7. The van der Waals surface area contributed by atoms with Crippen LogP contribution in [-0.4, -0.2) is 214 Å². The van der Waals surface area contributed by atoms with Crippen molar-refractivity contribution in [3.05, 3.63) is 168 Å². The molecule has 7 saturated heterocycles. The summed E-state index contributed by atoms with van der Waals surface area (Å²) in [4.78, 5) is 45.4. The quantitative estimate of drug-likeness (QED) is 0.0493. The van der Waals surface area contributed by atoms with Gasteiger partial charge < -0.3 is 64.2 Å². The molecule has 0 spiro atoms. The average molecular weight is 1830 g/mol.